The fourth-order valence-corrected chi connectivity index (χ4v) is 5.03. The van der Waals surface area contributed by atoms with Crippen molar-refractivity contribution in [3.05, 3.63) is 60.7 Å². The Hall–Kier alpha value is -2.60. The Balaban J connectivity index is 1.52. The molecule has 0 aliphatic heterocycles. The molecule has 0 saturated heterocycles. The molecule has 0 bridgehead atoms. The van der Waals surface area contributed by atoms with E-state index in [1.807, 2.05) is 65.6 Å². The molecule has 1 aromatic heterocycles. The van der Waals surface area contributed by atoms with Gasteiger partial charge in [-0.05, 0) is 31.9 Å². The third-order valence-electron chi connectivity index (χ3n) is 5.63. The van der Waals surface area contributed by atoms with Crippen molar-refractivity contribution in [2.75, 3.05) is 10.7 Å². The summed E-state index contributed by atoms with van der Waals surface area (Å²) in [6.45, 7) is 2.85. The third kappa shape index (κ3) is 4.59. The highest BCUT2D eigenvalue weighted by atomic mass is 32.2. The highest BCUT2D eigenvalue weighted by molar-refractivity contribution is 7.99. The smallest absolute Gasteiger partial charge is 0.237 e. The quantitative estimate of drug-likeness (QED) is 0.479. The van der Waals surface area contributed by atoms with Gasteiger partial charge in [-0.25, -0.2) is 0 Å². The van der Waals surface area contributed by atoms with Gasteiger partial charge in [0.1, 0.15) is 0 Å². The normalized spacial score (nSPS) is 14.6. The SMILES string of the molecule is CCn1c(SCC(=O)N(c2ccccc2)C2CCCCC2)nnc1-c1ccccc1. The molecular formula is C24H28N4OS. The molecule has 0 spiro atoms. The zero-order chi connectivity index (χ0) is 20.8. The predicted molar refractivity (Wildman–Crippen MR) is 123 cm³/mol. The van der Waals surface area contributed by atoms with Gasteiger partial charge >= 0.3 is 0 Å². The van der Waals surface area contributed by atoms with Crippen molar-refractivity contribution in [1.29, 1.82) is 0 Å². The van der Waals surface area contributed by atoms with Crippen molar-refractivity contribution in [2.24, 2.45) is 0 Å². The highest BCUT2D eigenvalue weighted by Gasteiger charge is 2.27. The van der Waals surface area contributed by atoms with Gasteiger partial charge in [0.05, 0.1) is 5.75 Å². The van der Waals surface area contributed by atoms with E-state index >= 15 is 0 Å². The first-order valence-corrected chi connectivity index (χ1v) is 11.7. The molecule has 1 aliphatic carbocycles. The van der Waals surface area contributed by atoms with E-state index in [9.17, 15) is 4.79 Å². The van der Waals surface area contributed by atoms with Crippen LogP contribution in [0.25, 0.3) is 11.4 Å². The number of benzene rings is 2. The van der Waals surface area contributed by atoms with Crippen LogP contribution in [-0.4, -0.2) is 32.5 Å². The molecule has 0 N–H and O–H groups in total. The average Bonchev–Trinajstić information content (AvgIpc) is 3.23. The molecular weight excluding hydrogens is 392 g/mol. The lowest BCUT2D eigenvalue weighted by atomic mass is 9.93. The summed E-state index contributed by atoms with van der Waals surface area (Å²) in [5.41, 5.74) is 2.04. The lowest BCUT2D eigenvalue weighted by molar-refractivity contribution is -0.116. The van der Waals surface area contributed by atoms with Crippen LogP contribution in [0.4, 0.5) is 5.69 Å². The van der Waals surface area contributed by atoms with E-state index in [1.54, 1.807) is 0 Å². The van der Waals surface area contributed by atoms with Crippen molar-refractivity contribution in [2.45, 2.75) is 56.8 Å². The van der Waals surface area contributed by atoms with Gasteiger partial charge in [-0.3, -0.25) is 4.79 Å². The summed E-state index contributed by atoms with van der Waals surface area (Å²) in [7, 11) is 0. The summed E-state index contributed by atoms with van der Waals surface area (Å²) in [4.78, 5) is 15.4. The van der Waals surface area contributed by atoms with Gasteiger partial charge in [-0.15, -0.1) is 10.2 Å². The van der Waals surface area contributed by atoms with E-state index in [1.165, 1.54) is 31.0 Å². The first kappa shape index (κ1) is 20.7. The van der Waals surface area contributed by atoms with Crippen LogP contribution in [0.3, 0.4) is 0 Å². The van der Waals surface area contributed by atoms with Gasteiger partial charge in [-0.1, -0.05) is 79.6 Å². The van der Waals surface area contributed by atoms with Gasteiger partial charge in [0, 0.05) is 23.8 Å². The largest absolute Gasteiger partial charge is 0.309 e. The third-order valence-corrected chi connectivity index (χ3v) is 6.58. The molecule has 30 heavy (non-hydrogen) atoms. The summed E-state index contributed by atoms with van der Waals surface area (Å²) in [6, 6.07) is 20.5. The molecule has 0 unspecified atom stereocenters. The molecule has 1 aliphatic rings. The minimum atomic E-state index is 0.144. The number of rotatable bonds is 7. The van der Waals surface area contributed by atoms with E-state index in [0.717, 1.165) is 41.6 Å². The molecule has 1 fully saturated rings. The fraction of sp³-hybridized carbons (Fsp3) is 0.375. The molecule has 0 atom stereocenters. The first-order chi connectivity index (χ1) is 14.8. The number of aromatic nitrogens is 3. The van der Waals surface area contributed by atoms with Crippen LogP contribution in [0.15, 0.2) is 65.8 Å². The van der Waals surface area contributed by atoms with Gasteiger partial charge in [0.2, 0.25) is 5.91 Å². The summed E-state index contributed by atoms with van der Waals surface area (Å²) >= 11 is 1.48. The van der Waals surface area contributed by atoms with Crippen molar-refractivity contribution < 1.29 is 4.79 Å². The minimum absolute atomic E-state index is 0.144. The molecule has 3 aromatic rings. The summed E-state index contributed by atoms with van der Waals surface area (Å²) < 4.78 is 2.08. The molecule has 5 nitrogen and oxygen atoms in total. The predicted octanol–water partition coefficient (Wildman–Crippen LogP) is 5.42. The van der Waals surface area contributed by atoms with E-state index in [4.69, 9.17) is 0 Å². The lowest BCUT2D eigenvalue weighted by Crippen LogP contribution is -2.42. The molecule has 2 aromatic carbocycles. The summed E-state index contributed by atoms with van der Waals surface area (Å²) in [5.74, 6) is 1.35. The average molecular weight is 421 g/mol. The van der Waals surface area contributed by atoms with Crippen molar-refractivity contribution in [1.82, 2.24) is 14.8 Å². The van der Waals surface area contributed by atoms with E-state index in [2.05, 4.69) is 21.7 Å². The van der Waals surface area contributed by atoms with Crippen LogP contribution in [0.1, 0.15) is 39.0 Å². The Labute approximate surface area is 182 Å². The minimum Gasteiger partial charge on any atom is -0.309 e. The van der Waals surface area contributed by atoms with E-state index in [-0.39, 0.29) is 11.9 Å². The number of carbonyl (C=O) groups excluding carboxylic acids is 1. The summed E-state index contributed by atoms with van der Waals surface area (Å²) in [6.07, 6.45) is 5.81. The molecule has 156 valence electrons. The summed E-state index contributed by atoms with van der Waals surface area (Å²) in [5, 5.41) is 9.57. The standard InChI is InChI=1S/C24H28N4OS/c1-2-27-23(19-12-6-3-7-13-19)25-26-24(27)30-18-22(29)28(20-14-8-4-9-15-20)21-16-10-5-11-17-21/h3-4,6-9,12-15,21H,2,5,10-11,16-18H2,1H3. The topological polar surface area (TPSA) is 51.0 Å². The Kier molecular flexibility index (Phi) is 6.84. The zero-order valence-electron chi connectivity index (χ0n) is 17.4. The molecule has 4 rings (SSSR count). The van der Waals surface area contributed by atoms with E-state index < -0.39 is 0 Å². The second kappa shape index (κ2) is 9.94. The number of para-hydroxylation sites is 1. The first-order valence-electron chi connectivity index (χ1n) is 10.8. The van der Waals surface area contributed by atoms with Crippen LogP contribution in [0.5, 0.6) is 0 Å². The maximum atomic E-state index is 13.3. The number of thioether (sulfide) groups is 1. The van der Waals surface area contributed by atoms with E-state index in [0.29, 0.717) is 5.75 Å². The number of amides is 1. The van der Waals surface area contributed by atoms with Crippen molar-refractivity contribution in [3.8, 4) is 11.4 Å². The highest BCUT2D eigenvalue weighted by Crippen LogP contribution is 2.29. The van der Waals surface area contributed by atoms with Gasteiger partial charge < -0.3 is 9.47 Å². The van der Waals surface area contributed by atoms with Gasteiger partial charge in [-0.2, -0.15) is 0 Å². The number of anilines is 1. The Morgan fingerprint density at radius 3 is 2.33 bits per heavy atom. The van der Waals surface area contributed by atoms with Crippen LogP contribution in [-0.2, 0) is 11.3 Å². The molecule has 6 heteroatoms. The zero-order valence-corrected chi connectivity index (χ0v) is 18.2. The van der Waals surface area contributed by atoms with Crippen molar-refractivity contribution >= 4 is 23.4 Å². The lowest BCUT2D eigenvalue weighted by Gasteiger charge is -2.34. The Bertz CT molecular complexity index is 952. The second-order valence-electron chi connectivity index (χ2n) is 7.60. The molecule has 1 saturated carbocycles. The molecule has 0 radical (unpaired) electrons. The fourth-order valence-electron chi connectivity index (χ4n) is 4.16. The maximum absolute atomic E-state index is 13.3. The van der Waals surface area contributed by atoms with Crippen molar-refractivity contribution in [3.63, 3.8) is 0 Å². The number of carbonyl (C=O) groups is 1. The molecule has 1 amide bonds. The second-order valence-corrected chi connectivity index (χ2v) is 8.54. The van der Waals surface area contributed by atoms with Crippen LogP contribution < -0.4 is 4.90 Å². The van der Waals surface area contributed by atoms with Crippen LogP contribution >= 0.6 is 11.8 Å². The van der Waals surface area contributed by atoms with Crippen LogP contribution in [0.2, 0.25) is 0 Å². The Morgan fingerprint density at radius 1 is 1.00 bits per heavy atom. The van der Waals surface area contributed by atoms with Crippen LogP contribution in [0, 0.1) is 0 Å². The monoisotopic (exact) mass is 420 g/mol. The number of hydrogen-bond acceptors (Lipinski definition) is 4. The number of nitrogens with zero attached hydrogens (tertiary/aromatic N) is 4. The van der Waals surface area contributed by atoms with Gasteiger partial charge in [0.25, 0.3) is 0 Å². The maximum Gasteiger partial charge on any atom is 0.237 e. The molecule has 1 heterocycles. The Morgan fingerprint density at radius 2 is 1.67 bits per heavy atom. The van der Waals surface area contributed by atoms with Gasteiger partial charge in [0.15, 0.2) is 11.0 Å². The number of hydrogen-bond donors (Lipinski definition) is 0.